The molecule has 0 aliphatic heterocycles. The van der Waals surface area contributed by atoms with Crippen molar-refractivity contribution in [2.45, 2.75) is 25.2 Å². The molecule has 0 unspecified atom stereocenters. The molecule has 0 radical (unpaired) electrons. The zero-order chi connectivity index (χ0) is 8.39. The van der Waals surface area contributed by atoms with Crippen LogP contribution in [0.3, 0.4) is 0 Å². The summed E-state index contributed by atoms with van der Waals surface area (Å²) in [6, 6.07) is 0. The van der Waals surface area contributed by atoms with Crippen molar-refractivity contribution in [3.63, 3.8) is 0 Å². The largest absolute Gasteiger partial charge is 0.241 e. The van der Waals surface area contributed by atoms with E-state index in [2.05, 4.69) is 22.6 Å². The van der Waals surface area contributed by atoms with E-state index in [-0.39, 0.29) is 0 Å². The van der Waals surface area contributed by atoms with E-state index in [1.807, 2.05) is 12.4 Å². The van der Waals surface area contributed by atoms with E-state index in [0.717, 1.165) is 23.9 Å². The molecule has 2 nitrogen and oxygen atoms in total. The summed E-state index contributed by atoms with van der Waals surface area (Å²) in [4.78, 5) is 8.54. The van der Waals surface area contributed by atoms with Crippen molar-refractivity contribution >= 4 is 12.6 Å². The molecule has 12 heavy (non-hydrogen) atoms. The molecule has 1 fully saturated rings. The first kappa shape index (κ1) is 8.05. The van der Waals surface area contributed by atoms with E-state index in [4.69, 9.17) is 0 Å². The number of hydrogen-bond acceptors (Lipinski definition) is 3. The Balaban J connectivity index is 2.08. The lowest BCUT2D eigenvalue weighted by molar-refractivity contribution is 0.918. The minimum absolute atomic E-state index is 0.759. The highest BCUT2D eigenvalue weighted by Crippen LogP contribution is 2.39. The third kappa shape index (κ3) is 1.78. The number of aromatic nitrogens is 2. The highest BCUT2D eigenvalue weighted by molar-refractivity contribution is 7.80. The van der Waals surface area contributed by atoms with E-state index in [0.29, 0.717) is 0 Å². The summed E-state index contributed by atoms with van der Waals surface area (Å²) >= 11 is 4.13. The Hall–Kier alpha value is -0.570. The normalized spacial score (nSPS) is 16.4. The predicted octanol–water partition coefficient (Wildman–Crippen LogP) is 1.83. The van der Waals surface area contributed by atoms with Gasteiger partial charge in [0.2, 0.25) is 0 Å². The van der Waals surface area contributed by atoms with Crippen molar-refractivity contribution in [2.24, 2.45) is 0 Å². The van der Waals surface area contributed by atoms with Crippen LogP contribution in [-0.2, 0) is 6.42 Å². The summed E-state index contributed by atoms with van der Waals surface area (Å²) in [5, 5.41) is 0. The zero-order valence-corrected chi connectivity index (χ0v) is 7.80. The summed E-state index contributed by atoms with van der Waals surface area (Å²) in [5.74, 6) is 2.49. The minimum atomic E-state index is 0.759. The number of nitrogens with zero attached hydrogens (tertiary/aromatic N) is 2. The van der Waals surface area contributed by atoms with E-state index in [9.17, 15) is 0 Å². The van der Waals surface area contributed by atoms with Crippen LogP contribution in [0, 0.1) is 0 Å². The van der Waals surface area contributed by atoms with Gasteiger partial charge in [0.15, 0.2) is 0 Å². The van der Waals surface area contributed by atoms with Crippen LogP contribution in [0.25, 0.3) is 0 Å². The molecular formula is C9H12N2S. The molecule has 1 aliphatic carbocycles. The molecule has 0 saturated heterocycles. The SMILES string of the molecule is SCCc1ncc(C2CC2)cn1. The molecule has 0 amide bonds. The second kappa shape index (κ2) is 3.44. The van der Waals surface area contributed by atoms with E-state index < -0.39 is 0 Å². The number of rotatable bonds is 3. The molecule has 3 heteroatoms. The van der Waals surface area contributed by atoms with Crippen molar-refractivity contribution in [1.82, 2.24) is 9.97 Å². The Kier molecular flexibility index (Phi) is 2.30. The van der Waals surface area contributed by atoms with E-state index in [1.165, 1.54) is 18.4 Å². The first-order valence-corrected chi connectivity index (χ1v) is 4.95. The molecular weight excluding hydrogens is 168 g/mol. The molecule has 1 aromatic rings. The van der Waals surface area contributed by atoms with Gasteiger partial charge in [0.25, 0.3) is 0 Å². The van der Waals surface area contributed by atoms with Gasteiger partial charge in [-0.1, -0.05) is 0 Å². The Morgan fingerprint density at radius 2 is 2.00 bits per heavy atom. The van der Waals surface area contributed by atoms with Crippen molar-refractivity contribution in [2.75, 3.05) is 5.75 Å². The average molecular weight is 180 g/mol. The fourth-order valence-electron chi connectivity index (χ4n) is 1.22. The lowest BCUT2D eigenvalue weighted by atomic mass is 10.2. The topological polar surface area (TPSA) is 25.8 Å². The maximum Gasteiger partial charge on any atom is 0.129 e. The molecule has 1 saturated carbocycles. The summed E-state index contributed by atoms with van der Waals surface area (Å²) in [6.45, 7) is 0. The van der Waals surface area contributed by atoms with E-state index >= 15 is 0 Å². The van der Waals surface area contributed by atoms with Gasteiger partial charge in [-0.15, -0.1) is 0 Å². The van der Waals surface area contributed by atoms with E-state index in [1.54, 1.807) is 0 Å². The van der Waals surface area contributed by atoms with Gasteiger partial charge in [-0.25, -0.2) is 9.97 Å². The van der Waals surface area contributed by atoms with Crippen LogP contribution in [0.4, 0.5) is 0 Å². The van der Waals surface area contributed by atoms with Gasteiger partial charge in [0, 0.05) is 18.8 Å². The molecule has 1 heterocycles. The molecule has 0 bridgehead atoms. The first-order valence-electron chi connectivity index (χ1n) is 4.32. The van der Waals surface area contributed by atoms with Crippen molar-refractivity contribution in [1.29, 1.82) is 0 Å². The van der Waals surface area contributed by atoms with Gasteiger partial charge in [0.05, 0.1) is 0 Å². The predicted molar refractivity (Wildman–Crippen MR) is 51.6 cm³/mol. The van der Waals surface area contributed by atoms with Gasteiger partial charge in [0.1, 0.15) is 5.82 Å². The van der Waals surface area contributed by atoms with Crippen LogP contribution in [0.1, 0.15) is 30.1 Å². The van der Waals surface area contributed by atoms with Crippen LogP contribution in [-0.4, -0.2) is 15.7 Å². The van der Waals surface area contributed by atoms with Gasteiger partial charge < -0.3 is 0 Å². The van der Waals surface area contributed by atoms with Crippen molar-refractivity contribution in [3.8, 4) is 0 Å². The van der Waals surface area contributed by atoms with Gasteiger partial charge >= 0.3 is 0 Å². The first-order chi connectivity index (χ1) is 5.90. The second-order valence-electron chi connectivity index (χ2n) is 3.18. The molecule has 2 rings (SSSR count). The maximum atomic E-state index is 4.27. The summed E-state index contributed by atoms with van der Waals surface area (Å²) < 4.78 is 0. The van der Waals surface area contributed by atoms with Crippen LogP contribution in [0.5, 0.6) is 0 Å². The van der Waals surface area contributed by atoms with Crippen LogP contribution in [0.15, 0.2) is 12.4 Å². The fraction of sp³-hybridized carbons (Fsp3) is 0.556. The van der Waals surface area contributed by atoms with Crippen molar-refractivity contribution in [3.05, 3.63) is 23.8 Å². The standard InChI is InChI=1S/C9H12N2S/c12-4-3-9-10-5-8(6-11-9)7-1-2-7/h5-7,12H,1-4H2. The maximum absolute atomic E-state index is 4.27. The Labute approximate surface area is 77.8 Å². The fourth-order valence-corrected chi connectivity index (χ4v) is 1.42. The lowest BCUT2D eigenvalue weighted by Gasteiger charge is -1.98. The molecule has 0 atom stereocenters. The zero-order valence-electron chi connectivity index (χ0n) is 6.90. The van der Waals surface area contributed by atoms with Crippen LogP contribution < -0.4 is 0 Å². The van der Waals surface area contributed by atoms with Gasteiger partial charge in [-0.3, -0.25) is 0 Å². The Morgan fingerprint density at radius 3 is 2.50 bits per heavy atom. The molecule has 0 N–H and O–H groups in total. The quantitative estimate of drug-likeness (QED) is 0.718. The molecule has 0 spiro atoms. The third-order valence-corrected chi connectivity index (χ3v) is 2.33. The average Bonchev–Trinajstić information content (AvgIpc) is 2.89. The summed E-state index contributed by atoms with van der Waals surface area (Å²) in [6.07, 6.45) is 7.42. The Bertz CT molecular complexity index is 254. The third-order valence-electron chi connectivity index (χ3n) is 2.11. The smallest absolute Gasteiger partial charge is 0.129 e. The lowest BCUT2D eigenvalue weighted by Crippen LogP contribution is -1.96. The van der Waals surface area contributed by atoms with Gasteiger partial charge in [-0.05, 0) is 30.1 Å². The molecule has 1 aliphatic rings. The molecule has 0 aromatic carbocycles. The summed E-state index contributed by atoms with van der Waals surface area (Å²) in [5.41, 5.74) is 1.30. The molecule has 1 aromatic heterocycles. The second-order valence-corrected chi connectivity index (χ2v) is 3.63. The van der Waals surface area contributed by atoms with Crippen molar-refractivity contribution < 1.29 is 0 Å². The highest BCUT2D eigenvalue weighted by atomic mass is 32.1. The van der Waals surface area contributed by atoms with Gasteiger partial charge in [-0.2, -0.15) is 12.6 Å². The van der Waals surface area contributed by atoms with Crippen LogP contribution >= 0.6 is 12.6 Å². The number of thiol groups is 1. The highest BCUT2D eigenvalue weighted by Gasteiger charge is 2.23. The summed E-state index contributed by atoms with van der Waals surface area (Å²) in [7, 11) is 0. The number of hydrogen-bond donors (Lipinski definition) is 1. The van der Waals surface area contributed by atoms with Crippen LogP contribution in [0.2, 0.25) is 0 Å². The monoisotopic (exact) mass is 180 g/mol. The minimum Gasteiger partial charge on any atom is -0.241 e. The Morgan fingerprint density at radius 1 is 1.33 bits per heavy atom. The molecule has 64 valence electrons. The number of aryl methyl sites for hydroxylation is 1.